The number of anilines is 1. The second-order valence-electron chi connectivity index (χ2n) is 4.17. The van der Waals surface area contributed by atoms with E-state index in [4.69, 9.17) is 0 Å². The topological polar surface area (TPSA) is 15.3 Å². The summed E-state index contributed by atoms with van der Waals surface area (Å²) in [7, 11) is 0. The summed E-state index contributed by atoms with van der Waals surface area (Å²) >= 11 is 0. The largest absolute Gasteiger partial charge is 0.306 e. The minimum absolute atomic E-state index is 0.211. The van der Waals surface area contributed by atoms with E-state index in [0.29, 0.717) is 0 Å². The van der Waals surface area contributed by atoms with E-state index >= 15 is 0 Å². The zero-order valence-electron chi connectivity index (χ0n) is 9.81. The number of nitrogens with one attached hydrogen (secondary N) is 1. The minimum Gasteiger partial charge on any atom is -0.306 e. The van der Waals surface area contributed by atoms with Crippen molar-refractivity contribution in [1.29, 1.82) is 0 Å². The Morgan fingerprint density at radius 3 is 2.50 bits per heavy atom. The molecule has 0 radical (unpaired) electrons. The molecular formula is C15H13FN2. The van der Waals surface area contributed by atoms with E-state index in [0.717, 1.165) is 23.4 Å². The molecule has 1 aliphatic rings. The summed E-state index contributed by atoms with van der Waals surface area (Å²) in [5, 5.41) is 2.05. The monoisotopic (exact) mass is 240 g/mol. The Morgan fingerprint density at radius 1 is 1.00 bits per heavy atom. The van der Waals surface area contributed by atoms with Crippen LogP contribution in [0.15, 0.2) is 60.8 Å². The molecule has 0 amide bonds. The predicted octanol–water partition coefficient (Wildman–Crippen LogP) is 3.33. The van der Waals surface area contributed by atoms with Crippen LogP contribution in [0.4, 0.5) is 10.1 Å². The van der Waals surface area contributed by atoms with Crippen LogP contribution in [0, 0.1) is 5.82 Å². The van der Waals surface area contributed by atoms with Crippen LogP contribution in [0.5, 0.6) is 0 Å². The molecule has 3 heteroatoms. The van der Waals surface area contributed by atoms with Crippen LogP contribution in [0.25, 0.3) is 11.1 Å². The number of benzene rings is 2. The maximum atomic E-state index is 13.0. The van der Waals surface area contributed by atoms with E-state index in [9.17, 15) is 4.39 Å². The van der Waals surface area contributed by atoms with Gasteiger partial charge in [0.1, 0.15) is 5.82 Å². The summed E-state index contributed by atoms with van der Waals surface area (Å²) in [6, 6.07) is 14.7. The Labute approximate surface area is 105 Å². The Balaban J connectivity index is 2.03. The van der Waals surface area contributed by atoms with Gasteiger partial charge >= 0.3 is 0 Å². The Hall–Kier alpha value is -2.29. The molecule has 2 aromatic carbocycles. The van der Waals surface area contributed by atoms with Crippen molar-refractivity contribution in [2.75, 3.05) is 11.6 Å². The number of para-hydroxylation sites is 1. The number of hydrazine groups is 1. The van der Waals surface area contributed by atoms with Crippen molar-refractivity contribution in [1.82, 2.24) is 5.43 Å². The van der Waals surface area contributed by atoms with E-state index in [2.05, 4.69) is 22.6 Å². The molecule has 0 atom stereocenters. The minimum atomic E-state index is -0.211. The van der Waals surface area contributed by atoms with E-state index < -0.39 is 0 Å². The third-order valence-corrected chi connectivity index (χ3v) is 2.99. The lowest BCUT2D eigenvalue weighted by molar-refractivity contribution is 0.628. The maximum absolute atomic E-state index is 13.0. The summed E-state index contributed by atoms with van der Waals surface area (Å²) < 4.78 is 13.0. The van der Waals surface area contributed by atoms with Crippen LogP contribution in [0.3, 0.4) is 0 Å². The first-order chi connectivity index (χ1) is 8.84. The first-order valence-corrected chi connectivity index (χ1v) is 5.88. The maximum Gasteiger partial charge on any atom is 0.123 e. The fraction of sp³-hybridized carbons (Fsp3) is 0.0667. The number of hydrogen-bond donors (Lipinski definition) is 1. The van der Waals surface area contributed by atoms with E-state index in [-0.39, 0.29) is 5.82 Å². The molecule has 2 aromatic rings. The standard InChI is InChI=1S/C15H13FN2/c16-13-8-6-12(7-9-13)14-4-1-2-5-15(14)18-11-3-10-17-18/h1-10,17H,11H2. The molecule has 1 aliphatic heterocycles. The van der Waals surface area contributed by atoms with Gasteiger partial charge in [-0.05, 0) is 29.8 Å². The number of halogens is 1. The summed E-state index contributed by atoms with van der Waals surface area (Å²) in [5.74, 6) is -0.211. The van der Waals surface area contributed by atoms with Gasteiger partial charge in [0, 0.05) is 11.8 Å². The molecule has 18 heavy (non-hydrogen) atoms. The van der Waals surface area contributed by atoms with Crippen LogP contribution in [-0.4, -0.2) is 6.54 Å². The third kappa shape index (κ3) is 1.95. The number of rotatable bonds is 2. The van der Waals surface area contributed by atoms with Gasteiger partial charge in [0.25, 0.3) is 0 Å². The fourth-order valence-corrected chi connectivity index (χ4v) is 2.10. The fourth-order valence-electron chi connectivity index (χ4n) is 2.10. The normalized spacial score (nSPS) is 13.7. The van der Waals surface area contributed by atoms with Crippen molar-refractivity contribution in [2.45, 2.75) is 0 Å². The van der Waals surface area contributed by atoms with Gasteiger partial charge in [-0.2, -0.15) is 0 Å². The summed E-state index contributed by atoms with van der Waals surface area (Å²) in [5.41, 5.74) is 6.37. The molecule has 1 heterocycles. The highest BCUT2D eigenvalue weighted by Crippen LogP contribution is 2.30. The molecule has 0 unspecified atom stereocenters. The summed E-state index contributed by atoms with van der Waals surface area (Å²) in [6.07, 6.45) is 3.98. The highest BCUT2D eigenvalue weighted by Gasteiger charge is 2.12. The Kier molecular flexibility index (Phi) is 2.73. The van der Waals surface area contributed by atoms with Crippen molar-refractivity contribution in [3.8, 4) is 11.1 Å². The van der Waals surface area contributed by atoms with Crippen molar-refractivity contribution in [3.05, 3.63) is 66.6 Å². The smallest absolute Gasteiger partial charge is 0.123 e. The van der Waals surface area contributed by atoms with Gasteiger partial charge in [-0.25, -0.2) is 4.39 Å². The molecule has 0 bridgehead atoms. The molecule has 0 saturated heterocycles. The van der Waals surface area contributed by atoms with Crippen LogP contribution < -0.4 is 10.4 Å². The lowest BCUT2D eigenvalue weighted by Crippen LogP contribution is -2.29. The first-order valence-electron chi connectivity index (χ1n) is 5.88. The molecular weight excluding hydrogens is 227 g/mol. The second kappa shape index (κ2) is 4.53. The van der Waals surface area contributed by atoms with Gasteiger partial charge in [-0.3, -0.25) is 5.01 Å². The molecule has 1 N–H and O–H groups in total. The number of nitrogens with zero attached hydrogens (tertiary/aromatic N) is 1. The molecule has 0 aromatic heterocycles. The lowest BCUT2D eigenvalue weighted by Gasteiger charge is -2.21. The van der Waals surface area contributed by atoms with E-state index in [1.807, 2.05) is 24.4 Å². The zero-order valence-corrected chi connectivity index (χ0v) is 9.81. The van der Waals surface area contributed by atoms with E-state index in [1.165, 1.54) is 12.1 Å². The Morgan fingerprint density at radius 2 is 1.78 bits per heavy atom. The molecule has 0 fully saturated rings. The average molecular weight is 240 g/mol. The van der Waals surface area contributed by atoms with E-state index in [1.54, 1.807) is 12.1 Å². The van der Waals surface area contributed by atoms with Crippen LogP contribution in [0.1, 0.15) is 0 Å². The predicted molar refractivity (Wildman–Crippen MR) is 71.5 cm³/mol. The molecule has 3 rings (SSSR count). The SMILES string of the molecule is Fc1ccc(-c2ccccc2N2CC=CN2)cc1. The third-order valence-electron chi connectivity index (χ3n) is 2.99. The van der Waals surface area contributed by atoms with Crippen LogP contribution in [0.2, 0.25) is 0 Å². The highest BCUT2D eigenvalue weighted by molar-refractivity contribution is 5.78. The summed E-state index contributed by atoms with van der Waals surface area (Å²) in [6.45, 7) is 0.832. The van der Waals surface area contributed by atoms with Gasteiger partial charge in [-0.1, -0.05) is 30.3 Å². The first kappa shape index (κ1) is 10.8. The van der Waals surface area contributed by atoms with Crippen molar-refractivity contribution < 1.29 is 4.39 Å². The van der Waals surface area contributed by atoms with Crippen LogP contribution in [-0.2, 0) is 0 Å². The Bertz CT molecular complexity index is 567. The molecule has 2 nitrogen and oxygen atoms in total. The van der Waals surface area contributed by atoms with Crippen molar-refractivity contribution >= 4 is 5.69 Å². The average Bonchev–Trinajstić information content (AvgIpc) is 2.93. The molecule has 0 aliphatic carbocycles. The van der Waals surface area contributed by atoms with Gasteiger partial charge < -0.3 is 5.43 Å². The number of hydrogen-bond acceptors (Lipinski definition) is 2. The molecule has 90 valence electrons. The summed E-state index contributed by atoms with van der Waals surface area (Å²) in [4.78, 5) is 0. The van der Waals surface area contributed by atoms with Gasteiger partial charge in [0.15, 0.2) is 0 Å². The van der Waals surface area contributed by atoms with Crippen molar-refractivity contribution in [2.24, 2.45) is 0 Å². The van der Waals surface area contributed by atoms with Gasteiger partial charge in [-0.15, -0.1) is 0 Å². The molecule has 0 spiro atoms. The van der Waals surface area contributed by atoms with Crippen LogP contribution >= 0.6 is 0 Å². The molecule has 0 saturated carbocycles. The lowest BCUT2D eigenvalue weighted by atomic mass is 10.0. The zero-order chi connectivity index (χ0) is 12.4. The second-order valence-corrected chi connectivity index (χ2v) is 4.17. The quantitative estimate of drug-likeness (QED) is 0.866. The van der Waals surface area contributed by atoms with Crippen molar-refractivity contribution in [3.63, 3.8) is 0 Å². The van der Waals surface area contributed by atoms with Gasteiger partial charge in [0.2, 0.25) is 0 Å². The highest BCUT2D eigenvalue weighted by atomic mass is 19.1. The van der Waals surface area contributed by atoms with Gasteiger partial charge in [0.05, 0.1) is 12.2 Å².